The molecule has 1 nitrogen and oxygen atoms in total. The largest absolute Gasteiger partial charge is 0.359 e. The van der Waals surface area contributed by atoms with Crippen molar-refractivity contribution in [2.75, 3.05) is 5.32 Å². The molecular formula is C41H37N. The lowest BCUT2D eigenvalue weighted by Gasteiger charge is -2.32. The monoisotopic (exact) mass is 543 g/mol. The summed E-state index contributed by atoms with van der Waals surface area (Å²) in [5, 5.41) is 9.30. The van der Waals surface area contributed by atoms with E-state index in [0.717, 1.165) is 31.6 Å². The minimum Gasteiger partial charge on any atom is -0.359 e. The normalized spacial score (nSPS) is 19.1. The van der Waals surface area contributed by atoms with Crippen molar-refractivity contribution in [1.29, 1.82) is 0 Å². The highest BCUT2D eigenvalue weighted by Crippen LogP contribution is 2.42. The van der Waals surface area contributed by atoms with Crippen LogP contribution in [0.5, 0.6) is 0 Å². The van der Waals surface area contributed by atoms with Crippen LogP contribution in [-0.2, 0) is 0 Å². The van der Waals surface area contributed by atoms with Crippen LogP contribution in [0.15, 0.2) is 108 Å². The summed E-state index contributed by atoms with van der Waals surface area (Å²) in [6.07, 6.45) is 22.6. The van der Waals surface area contributed by atoms with Gasteiger partial charge in [-0.15, -0.1) is 0 Å². The fourth-order valence-corrected chi connectivity index (χ4v) is 7.35. The van der Waals surface area contributed by atoms with Crippen LogP contribution in [0.3, 0.4) is 0 Å². The Labute approximate surface area is 249 Å². The van der Waals surface area contributed by atoms with Crippen molar-refractivity contribution < 1.29 is 0 Å². The molecule has 0 heterocycles. The van der Waals surface area contributed by atoms with Crippen LogP contribution in [0.1, 0.15) is 61.6 Å². The molecule has 0 aliphatic heterocycles. The Balaban J connectivity index is 1.16. The number of allylic oxidation sites excluding steroid dienone is 8. The minimum atomic E-state index is 0.820. The van der Waals surface area contributed by atoms with E-state index in [0.29, 0.717) is 0 Å². The summed E-state index contributed by atoms with van der Waals surface area (Å²) in [6, 6.07) is 27.1. The summed E-state index contributed by atoms with van der Waals surface area (Å²) in [5.41, 5.74) is 13.7. The summed E-state index contributed by atoms with van der Waals surface area (Å²) >= 11 is 0. The second-order valence-corrected chi connectivity index (χ2v) is 12.4. The number of hydrogen-bond donors (Lipinski definition) is 1. The Morgan fingerprint density at radius 2 is 1.48 bits per heavy atom. The Morgan fingerprint density at radius 1 is 0.690 bits per heavy atom. The van der Waals surface area contributed by atoms with Gasteiger partial charge in [0.2, 0.25) is 0 Å². The molecule has 0 aromatic heterocycles. The van der Waals surface area contributed by atoms with Gasteiger partial charge in [-0.1, -0.05) is 102 Å². The predicted octanol–water partition coefficient (Wildman–Crippen LogP) is 9.47. The van der Waals surface area contributed by atoms with Crippen LogP contribution in [0.2, 0.25) is 0 Å². The number of anilines is 1. The zero-order valence-corrected chi connectivity index (χ0v) is 24.4. The Morgan fingerprint density at radius 3 is 2.19 bits per heavy atom. The molecule has 1 N–H and O–H groups in total. The second kappa shape index (κ2) is 10.5. The van der Waals surface area contributed by atoms with Gasteiger partial charge >= 0.3 is 0 Å². The van der Waals surface area contributed by atoms with E-state index in [1.807, 2.05) is 0 Å². The van der Waals surface area contributed by atoms with Gasteiger partial charge in [0.1, 0.15) is 0 Å². The molecule has 4 aliphatic rings. The third kappa shape index (κ3) is 4.49. The first-order valence-corrected chi connectivity index (χ1v) is 15.7. The number of benzene rings is 4. The molecule has 42 heavy (non-hydrogen) atoms. The van der Waals surface area contributed by atoms with E-state index in [2.05, 4.69) is 121 Å². The van der Waals surface area contributed by atoms with Crippen molar-refractivity contribution in [3.8, 4) is 11.1 Å². The van der Waals surface area contributed by atoms with Gasteiger partial charge in [-0.25, -0.2) is 0 Å². The Kier molecular flexibility index (Phi) is 6.33. The lowest BCUT2D eigenvalue weighted by Crippen LogP contribution is -2.33. The molecule has 0 radical (unpaired) electrons. The molecule has 0 bridgehead atoms. The first kappa shape index (κ1) is 25.4. The zero-order chi connectivity index (χ0) is 28.0. The van der Waals surface area contributed by atoms with Crippen LogP contribution in [0.25, 0.3) is 45.2 Å². The van der Waals surface area contributed by atoms with E-state index in [1.54, 1.807) is 5.57 Å². The van der Waals surface area contributed by atoms with Crippen LogP contribution >= 0.6 is 0 Å². The van der Waals surface area contributed by atoms with Gasteiger partial charge in [-0.2, -0.15) is 0 Å². The molecule has 4 aliphatic carbocycles. The fourth-order valence-electron chi connectivity index (χ4n) is 7.35. The minimum absolute atomic E-state index is 0.820. The average molecular weight is 544 g/mol. The van der Waals surface area contributed by atoms with Gasteiger partial charge in [0.05, 0.1) is 0 Å². The molecule has 0 amide bonds. The predicted molar refractivity (Wildman–Crippen MR) is 180 cm³/mol. The average Bonchev–Trinajstić information content (AvgIpc) is 3.02. The quantitative estimate of drug-likeness (QED) is 0.264. The van der Waals surface area contributed by atoms with Crippen molar-refractivity contribution in [3.63, 3.8) is 0 Å². The van der Waals surface area contributed by atoms with Gasteiger partial charge in [0, 0.05) is 11.4 Å². The maximum atomic E-state index is 3.76. The van der Waals surface area contributed by atoms with Crippen molar-refractivity contribution in [2.24, 2.45) is 5.92 Å². The summed E-state index contributed by atoms with van der Waals surface area (Å²) in [5.74, 6) is 0.820. The van der Waals surface area contributed by atoms with Gasteiger partial charge in [-0.3, -0.25) is 0 Å². The van der Waals surface area contributed by atoms with E-state index < -0.39 is 0 Å². The standard InChI is InChI=1S/C41H37N/c1-27-13-15-29(16-14-27)40-36-9-2-4-11-38(36)41(39-12-5-3-10-37(39)40)30-21-23-34(24-22-30)42-35-8-6-7-31(26-35)33-20-18-28-17-19-32(28)25-33/h2,4,6-16,20-21,23,25-26,28,42H,3,5,17-19,22,24H2,1H3. The highest BCUT2D eigenvalue weighted by atomic mass is 14.9. The third-order valence-corrected chi connectivity index (χ3v) is 9.74. The number of aryl methyl sites for hydroxylation is 1. The third-order valence-electron chi connectivity index (χ3n) is 9.74. The van der Waals surface area contributed by atoms with Crippen molar-refractivity contribution in [2.45, 2.75) is 51.9 Å². The highest BCUT2D eigenvalue weighted by molar-refractivity contribution is 6.04. The summed E-state index contributed by atoms with van der Waals surface area (Å²) < 4.78 is 0. The number of fused-ring (bicyclic) bond motifs is 3. The van der Waals surface area contributed by atoms with Gasteiger partial charge in [-0.05, 0) is 131 Å². The molecule has 1 unspecified atom stereocenters. The van der Waals surface area contributed by atoms with E-state index in [1.165, 1.54) is 90.8 Å². The summed E-state index contributed by atoms with van der Waals surface area (Å²) in [6.45, 7) is 2.17. The molecule has 0 saturated heterocycles. The lowest BCUT2D eigenvalue weighted by molar-refractivity contribution is 0.445. The van der Waals surface area contributed by atoms with Crippen LogP contribution in [0, 0.1) is 12.8 Å². The van der Waals surface area contributed by atoms with Crippen molar-refractivity contribution >= 4 is 39.8 Å². The topological polar surface area (TPSA) is 12.0 Å². The lowest BCUT2D eigenvalue weighted by atomic mass is 9.73. The molecule has 1 fully saturated rings. The molecule has 0 spiro atoms. The van der Waals surface area contributed by atoms with E-state index in [9.17, 15) is 0 Å². The SMILES string of the molecule is Cc1ccc(-c2c3c(c(C4=CC=C(Nc5cccc(C6=CCC7CCC7=C6)c5)CC4)c4ccccc24)=CCCC=3)cc1. The van der Waals surface area contributed by atoms with Crippen molar-refractivity contribution in [3.05, 3.63) is 135 Å². The van der Waals surface area contributed by atoms with Crippen LogP contribution < -0.4 is 15.8 Å². The maximum absolute atomic E-state index is 3.76. The smallest absolute Gasteiger partial charge is 0.0388 e. The van der Waals surface area contributed by atoms with Gasteiger partial charge in [0.25, 0.3) is 0 Å². The zero-order valence-electron chi connectivity index (χ0n) is 24.4. The molecule has 1 saturated carbocycles. The first-order chi connectivity index (χ1) is 20.7. The number of rotatable bonds is 5. The van der Waals surface area contributed by atoms with E-state index in [-0.39, 0.29) is 0 Å². The Bertz CT molecular complexity index is 1980. The Hall–Kier alpha value is -4.36. The van der Waals surface area contributed by atoms with Gasteiger partial charge in [0.15, 0.2) is 0 Å². The van der Waals surface area contributed by atoms with Crippen LogP contribution in [-0.4, -0.2) is 0 Å². The first-order valence-electron chi connectivity index (χ1n) is 15.7. The second-order valence-electron chi connectivity index (χ2n) is 12.4. The maximum Gasteiger partial charge on any atom is 0.0388 e. The molecule has 8 rings (SSSR count). The van der Waals surface area contributed by atoms with Crippen molar-refractivity contribution in [1.82, 2.24) is 0 Å². The molecule has 206 valence electrons. The molecule has 4 aromatic rings. The number of nitrogens with one attached hydrogen (secondary N) is 1. The molecular weight excluding hydrogens is 506 g/mol. The summed E-state index contributed by atoms with van der Waals surface area (Å²) in [7, 11) is 0. The fraction of sp³-hybridized carbons (Fsp3) is 0.220. The molecule has 1 heteroatoms. The molecule has 1 atom stereocenters. The van der Waals surface area contributed by atoms with E-state index >= 15 is 0 Å². The van der Waals surface area contributed by atoms with Crippen LogP contribution in [0.4, 0.5) is 5.69 Å². The summed E-state index contributed by atoms with van der Waals surface area (Å²) in [4.78, 5) is 0. The van der Waals surface area contributed by atoms with Gasteiger partial charge < -0.3 is 5.32 Å². The van der Waals surface area contributed by atoms with E-state index in [4.69, 9.17) is 0 Å². The highest BCUT2D eigenvalue weighted by Gasteiger charge is 2.26. The number of hydrogen-bond acceptors (Lipinski definition) is 1. The molecule has 4 aromatic carbocycles.